The zero-order valence-corrected chi connectivity index (χ0v) is 19.1. The van der Waals surface area contributed by atoms with Crippen LogP contribution in [0.5, 0.6) is 11.5 Å². The Morgan fingerprint density at radius 2 is 1.65 bits per heavy atom. The average Bonchev–Trinajstić information content (AvgIpc) is 3.23. The molecule has 0 unspecified atom stereocenters. The zero-order valence-electron chi connectivity index (χ0n) is 19.1. The SMILES string of the molecule is COc1ccc(OC)c(NC(=O)c2oc3ccccc3c2NC(=O)CCCc2ccccc2)c1. The number of para-hydroxylation sites is 1. The molecule has 4 rings (SSSR count). The summed E-state index contributed by atoms with van der Waals surface area (Å²) in [5.41, 5.74) is 2.45. The Bertz CT molecular complexity index is 1300. The van der Waals surface area contributed by atoms with Gasteiger partial charge in [0, 0.05) is 17.9 Å². The van der Waals surface area contributed by atoms with Gasteiger partial charge in [-0.25, -0.2) is 0 Å². The first kappa shape index (κ1) is 22.9. The Balaban J connectivity index is 1.54. The van der Waals surface area contributed by atoms with Gasteiger partial charge in [-0.2, -0.15) is 0 Å². The van der Waals surface area contributed by atoms with Crippen molar-refractivity contribution in [1.82, 2.24) is 0 Å². The highest BCUT2D eigenvalue weighted by atomic mass is 16.5. The van der Waals surface area contributed by atoms with Gasteiger partial charge in [0.1, 0.15) is 22.8 Å². The fourth-order valence-electron chi connectivity index (χ4n) is 3.72. The molecule has 0 fully saturated rings. The van der Waals surface area contributed by atoms with Crippen LogP contribution >= 0.6 is 0 Å². The first-order chi connectivity index (χ1) is 16.6. The predicted octanol–water partition coefficient (Wildman–Crippen LogP) is 5.66. The number of carbonyl (C=O) groups excluding carboxylic acids is 2. The van der Waals surface area contributed by atoms with Crippen molar-refractivity contribution in [2.24, 2.45) is 0 Å². The lowest BCUT2D eigenvalue weighted by Gasteiger charge is -2.12. The fourth-order valence-corrected chi connectivity index (χ4v) is 3.72. The number of methoxy groups -OCH3 is 2. The van der Waals surface area contributed by atoms with Gasteiger partial charge in [0.05, 0.1) is 19.9 Å². The lowest BCUT2D eigenvalue weighted by Crippen LogP contribution is -2.17. The van der Waals surface area contributed by atoms with E-state index >= 15 is 0 Å². The van der Waals surface area contributed by atoms with Gasteiger partial charge in [0.2, 0.25) is 11.7 Å². The third-order valence-electron chi connectivity index (χ3n) is 5.43. The van der Waals surface area contributed by atoms with Crippen LogP contribution in [0.2, 0.25) is 0 Å². The van der Waals surface area contributed by atoms with Gasteiger partial charge < -0.3 is 24.5 Å². The molecule has 0 atom stereocenters. The smallest absolute Gasteiger partial charge is 0.293 e. The Hall–Kier alpha value is -4.26. The number of carbonyl (C=O) groups is 2. The summed E-state index contributed by atoms with van der Waals surface area (Å²) in [6, 6.07) is 22.3. The van der Waals surface area contributed by atoms with Crippen LogP contribution in [0.3, 0.4) is 0 Å². The summed E-state index contributed by atoms with van der Waals surface area (Å²) in [5, 5.41) is 6.35. The van der Waals surface area contributed by atoms with Crippen molar-refractivity contribution < 1.29 is 23.5 Å². The van der Waals surface area contributed by atoms with Crippen molar-refractivity contribution in [3.8, 4) is 11.5 Å². The third kappa shape index (κ3) is 5.20. The summed E-state index contributed by atoms with van der Waals surface area (Å²) in [7, 11) is 3.05. The summed E-state index contributed by atoms with van der Waals surface area (Å²) in [4.78, 5) is 25.9. The molecule has 174 valence electrons. The summed E-state index contributed by atoms with van der Waals surface area (Å²) < 4.78 is 16.4. The second kappa shape index (κ2) is 10.6. The molecule has 2 N–H and O–H groups in total. The molecule has 2 amide bonds. The van der Waals surface area contributed by atoms with Crippen LogP contribution in [-0.2, 0) is 11.2 Å². The Morgan fingerprint density at radius 3 is 2.41 bits per heavy atom. The largest absolute Gasteiger partial charge is 0.497 e. The number of anilines is 2. The van der Waals surface area contributed by atoms with Gasteiger partial charge in [-0.1, -0.05) is 42.5 Å². The van der Waals surface area contributed by atoms with Gasteiger partial charge in [0.25, 0.3) is 5.91 Å². The van der Waals surface area contributed by atoms with E-state index in [9.17, 15) is 9.59 Å². The van der Waals surface area contributed by atoms with E-state index in [1.807, 2.05) is 42.5 Å². The fraction of sp³-hybridized carbons (Fsp3) is 0.185. The highest BCUT2D eigenvalue weighted by Gasteiger charge is 2.23. The molecule has 7 heteroatoms. The van der Waals surface area contributed by atoms with Crippen LogP contribution in [0.15, 0.2) is 77.2 Å². The van der Waals surface area contributed by atoms with E-state index in [-0.39, 0.29) is 11.7 Å². The second-order valence-electron chi connectivity index (χ2n) is 7.71. The van der Waals surface area contributed by atoms with Crippen molar-refractivity contribution in [2.45, 2.75) is 19.3 Å². The maximum absolute atomic E-state index is 13.2. The maximum Gasteiger partial charge on any atom is 0.293 e. The molecule has 3 aromatic carbocycles. The van der Waals surface area contributed by atoms with E-state index < -0.39 is 5.91 Å². The number of aryl methyl sites for hydroxylation is 1. The highest BCUT2D eigenvalue weighted by molar-refractivity contribution is 6.14. The standard InChI is InChI=1S/C27H26N2O5/c1-32-19-15-16-23(33-2)21(17-19)28-27(31)26-25(20-12-6-7-13-22(20)34-26)29-24(30)14-8-11-18-9-4-3-5-10-18/h3-7,9-10,12-13,15-17H,8,11,14H2,1-2H3,(H,28,31)(H,29,30). The zero-order chi connectivity index (χ0) is 23.9. The van der Waals surface area contributed by atoms with Crippen LogP contribution in [0.4, 0.5) is 11.4 Å². The first-order valence-electron chi connectivity index (χ1n) is 11.0. The van der Waals surface area contributed by atoms with Crippen molar-refractivity contribution in [3.05, 3.63) is 84.1 Å². The van der Waals surface area contributed by atoms with E-state index in [0.717, 1.165) is 6.42 Å². The monoisotopic (exact) mass is 458 g/mol. The molecular formula is C27H26N2O5. The van der Waals surface area contributed by atoms with E-state index in [1.165, 1.54) is 19.8 Å². The number of hydrogen-bond acceptors (Lipinski definition) is 5. The normalized spacial score (nSPS) is 10.6. The number of nitrogens with one attached hydrogen (secondary N) is 2. The third-order valence-corrected chi connectivity index (χ3v) is 5.43. The Morgan fingerprint density at radius 1 is 0.882 bits per heavy atom. The molecule has 1 aromatic heterocycles. The molecule has 0 radical (unpaired) electrons. The quantitative estimate of drug-likeness (QED) is 0.338. The minimum atomic E-state index is -0.512. The lowest BCUT2D eigenvalue weighted by molar-refractivity contribution is -0.116. The van der Waals surface area contributed by atoms with E-state index in [4.69, 9.17) is 13.9 Å². The summed E-state index contributed by atoms with van der Waals surface area (Å²) in [6.45, 7) is 0. The number of furan rings is 1. The van der Waals surface area contributed by atoms with Crippen LogP contribution in [0.25, 0.3) is 11.0 Å². The van der Waals surface area contributed by atoms with Crippen molar-refractivity contribution >= 4 is 34.2 Å². The predicted molar refractivity (Wildman–Crippen MR) is 132 cm³/mol. The van der Waals surface area contributed by atoms with Gasteiger partial charge in [-0.05, 0) is 42.7 Å². The number of ether oxygens (including phenoxy) is 2. The van der Waals surface area contributed by atoms with Gasteiger partial charge in [0.15, 0.2) is 0 Å². The molecule has 0 aliphatic carbocycles. The Labute approximate surface area is 197 Å². The number of amides is 2. The number of hydrogen-bond donors (Lipinski definition) is 2. The van der Waals surface area contributed by atoms with Crippen molar-refractivity contribution in [2.75, 3.05) is 24.9 Å². The molecule has 34 heavy (non-hydrogen) atoms. The Kier molecular flexibility index (Phi) is 7.13. The summed E-state index contributed by atoms with van der Waals surface area (Å²) in [5.74, 6) is 0.352. The molecule has 7 nitrogen and oxygen atoms in total. The molecule has 0 bridgehead atoms. The number of rotatable bonds is 9. The summed E-state index contributed by atoms with van der Waals surface area (Å²) >= 11 is 0. The van der Waals surface area contributed by atoms with E-state index in [2.05, 4.69) is 10.6 Å². The topological polar surface area (TPSA) is 89.8 Å². The minimum absolute atomic E-state index is 0.0162. The number of fused-ring (bicyclic) bond motifs is 1. The first-order valence-corrected chi connectivity index (χ1v) is 11.0. The van der Waals surface area contributed by atoms with Gasteiger partial charge >= 0.3 is 0 Å². The molecule has 0 saturated carbocycles. The van der Waals surface area contributed by atoms with Gasteiger partial charge in [-0.15, -0.1) is 0 Å². The molecule has 1 heterocycles. The molecule has 0 spiro atoms. The van der Waals surface area contributed by atoms with Gasteiger partial charge in [-0.3, -0.25) is 9.59 Å². The van der Waals surface area contributed by atoms with Crippen LogP contribution in [0, 0.1) is 0 Å². The maximum atomic E-state index is 13.2. The average molecular weight is 459 g/mol. The molecule has 4 aromatic rings. The molecule has 0 aliphatic heterocycles. The minimum Gasteiger partial charge on any atom is -0.497 e. The molecular weight excluding hydrogens is 432 g/mol. The molecule has 0 aliphatic rings. The summed E-state index contributed by atoms with van der Waals surface area (Å²) in [6.07, 6.45) is 1.80. The highest BCUT2D eigenvalue weighted by Crippen LogP contribution is 2.34. The van der Waals surface area contributed by atoms with E-state index in [0.29, 0.717) is 46.7 Å². The molecule has 0 saturated heterocycles. The van der Waals surface area contributed by atoms with E-state index in [1.54, 1.807) is 30.3 Å². The van der Waals surface area contributed by atoms with Crippen molar-refractivity contribution in [1.29, 1.82) is 0 Å². The number of benzene rings is 3. The lowest BCUT2D eigenvalue weighted by atomic mass is 10.1. The van der Waals surface area contributed by atoms with Crippen LogP contribution in [0.1, 0.15) is 29.0 Å². The van der Waals surface area contributed by atoms with Crippen LogP contribution in [-0.4, -0.2) is 26.0 Å². The second-order valence-corrected chi connectivity index (χ2v) is 7.71. The van der Waals surface area contributed by atoms with Crippen molar-refractivity contribution in [3.63, 3.8) is 0 Å². The van der Waals surface area contributed by atoms with Crippen LogP contribution < -0.4 is 20.1 Å².